The summed E-state index contributed by atoms with van der Waals surface area (Å²) in [5, 5.41) is 22.8. The van der Waals surface area contributed by atoms with Gasteiger partial charge in [-0.3, -0.25) is 14.6 Å². The van der Waals surface area contributed by atoms with Gasteiger partial charge in [-0.25, -0.2) is 22.7 Å². The minimum atomic E-state index is -3.93. The Labute approximate surface area is 368 Å². The minimum Gasteiger partial charge on any atom is -0.444 e. The van der Waals surface area contributed by atoms with Gasteiger partial charge in [-0.1, -0.05) is 24.3 Å². The summed E-state index contributed by atoms with van der Waals surface area (Å²) in [6, 6.07) is 14.5. The fourth-order valence-corrected chi connectivity index (χ4v) is 8.76. The Bertz CT molecular complexity index is 2300. The summed E-state index contributed by atoms with van der Waals surface area (Å²) in [5.41, 5.74) is 2.05. The molecular weight excluding hydrogens is 829 g/mol. The highest BCUT2D eigenvalue weighted by atomic mass is 32.2. The lowest BCUT2D eigenvalue weighted by Crippen LogP contribution is -2.48. The SMILES string of the molecule is CC(C)(C)OC(=O)NCC1CCC(C(=O)N[C@@H](Cc2ccc(-c3cncc(S(=O)(=O)NC4CCN(C(=O)OC(C)(C)C)CC4)c3)cc2)C(=O)Nc2ccc(-c3nn[nH]n3)cc2)CC1. The monoisotopic (exact) mass is 886 g/mol. The van der Waals surface area contributed by atoms with Crippen LogP contribution in [0, 0.1) is 11.8 Å². The summed E-state index contributed by atoms with van der Waals surface area (Å²) >= 11 is 0. The molecule has 1 aliphatic heterocycles. The van der Waals surface area contributed by atoms with Crippen molar-refractivity contribution in [3.8, 4) is 22.5 Å². The summed E-state index contributed by atoms with van der Waals surface area (Å²) in [6.07, 6.45) is 5.75. The predicted octanol–water partition coefficient (Wildman–Crippen LogP) is 5.60. The molecule has 2 aromatic carbocycles. The molecule has 4 aromatic rings. The maximum atomic E-state index is 13.9. The van der Waals surface area contributed by atoms with Crippen LogP contribution in [0.1, 0.15) is 85.6 Å². The number of carbonyl (C=O) groups is 4. The van der Waals surface area contributed by atoms with Crippen LogP contribution >= 0.6 is 0 Å². The summed E-state index contributed by atoms with van der Waals surface area (Å²) in [6.45, 7) is 12.0. The third-order valence-electron chi connectivity index (χ3n) is 10.8. The second-order valence-corrected chi connectivity index (χ2v) is 19.9. The number of hydrogen-bond donors (Lipinski definition) is 5. The molecule has 2 aromatic heterocycles. The number of carbonyl (C=O) groups excluding carboxylic acids is 4. The Kier molecular flexibility index (Phi) is 14.8. The zero-order valence-electron chi connectivity index (χ0n) is 36.6. The van der Waals surface area contributed by atoms with E-state index < -0.39 is 45.4 Å². The van der Waals surface area contributed by atoms with Crippen LogP contribution in [0.2, 0.25) is 0 Å². The molecule has 1 saturated carbocycles. The molecule has 0 spiro atoms. The number of rotatable bonds is 13. The van der Waals surface area contributed by atoms with Crippen LogP contribution in [0.25, 0.3) is 22.5 Å². The smallest absolute Gasteiger partial charge is 0.410 e. The fourth-order valence-electron chi connectivity index (χ4n) is 7.47. The van der Waals surface area contributed by atoms with Gasteiger partial charge in [-0.15, -0.1) is 10.2 Å². The zero-order valence-corrected chi connectivity index (χ0v) is 37.5. The number of likely N-dealkylation sites (tertiary alicyclic amines) is 1. The topological polar surface area (TPSA) is 240 Å². The van der Waals surface area contributed by atoms with Gasteiger partial charge < -0.3 is 30.3 Å². The molecule has 0 unspecified atom stereocenters. The number of sulfonamides is 1. The van der Waals surface area contributed by atoms with Crippen LogP contribution in [0.4, 0.5) is 15.3 Å². The lowest BCUT2D eigenvalue weighted by molar-refractivity contribution is -0.130. The fraction of sp³-hybridized carbons (Fsp3) is 0.500. The van der Waals surface area contributed by atoms with Crippen molar-refractivity contribution < 1.29 is 37.1 Å². The van der Waals surface area contributed by atoms with E-state index >= 15 is 0 Å². The number of piperidine rings is 1. The highest BCUT2D eigenvalue weighted by Crippen LogP contribution is 2.30. The van der Waals surface area contributed by atoms with Gasteiger partial charge in [0.25, 0.3) is 0 Å². The number of pyridine rings is 1. The molecule has 0 bridgehead atoms. The summed E-state index contributed by atoms with van der Waals surface area (Å²) < 4.78 is 40.6. The third-order valence-corrected chi connectivity index (χ3v) is 12.2. The molecule has 5 N–H and O–H groups in total. The van der Waals surface area contributed by atoms with Gasteiger partial charge in [0.05, 0.1) is 0 Å². The Morgan fingerprint density at radius 3 is 2.10 bits per heavy atom. The van der Waals surface area contributed by atoms with Crippen molar-refractivity contribution in [3.05, 3.63) is 72.6 Å². The summed E-state index contributed by atoms with van der Waals surface area (Å²) in [4.78, 5) is 58.1. The average molecular weight is 887 g/mol. The molecule has 1 aliphatic carbocycles. The molecule has 18 nitrogen and oxygen atoms in total. The molecule has 0 radical (unpaired) electrons. The first-order valence-corrected chi connectivity index (χ1v) is 22.7. The molecular formula is C44H58N10O8S. The molecule has 19 heteroatoms. The average Bonchev–Trinajstić information content (AvgIpc) is 3.78. The van der Waals surface area contributed by atoms with Crippen molar-refractivity contribution in [3.63, 3.8) is 0 Å². The second-order valence-electron chi connectivity index (χ2n) is 18.1. The number of nitrogens with one attached hydrogen (secondary N) is 5. The second kappa shape index (κ2) is 20.0. The van der Waals surface area contributed by atoms with Crippen LogP contribution in [-0.4, -0.2) is 106 Å². The number of alkyl carbamates (subject to hydrolysis) is 1. The van der Waals surface area contributed by atoms with E-state index in [1.165, 1.54) is 6.20 Å². The molecule has 1 saturated heterocycles. The minimum absolute atomic E-state index is 0.0109. The first-order chi connectivity index (χ1) is 29.8. The number of nitrogens with zero attached hydrogens (tertiary/aromatic N) is 5. The van der Waals surface area contributed by atoms with Gasteiger partial charge >= 0.3 is 12.2 Å². The van der Waals surface area contributed by atoms with Crippen molar-refractivity contribution >= 4 is 39.7 Å². The summed E-state index contributed by atoms with van der Waals surface area (Å²) in [5.74, 6) is -0.307. The number of hydrogen-bond acceptors (Lipinski definition) is 12. The van der Waals surface area contributed by atoms with Gasteiger partial charge in [-0.2, -0.15) is 5.21 Å². The first kappa shape index (κ1) is 46.6. The van der Waals surface area contributed by atoms with Crippen molar-refractivity contribution in [2.75, 3.05) is 25.0 Å². The van der Waals surface area contributed by atoms with E-state index in [2.05, 4.69) is 46.3 Å². The first-order valence-electron chi connectivity index (χ1n) is 21.3. The van der Waals surface area contributed by atoms with Gasteiger partial charge in [-0.05, 0) is 133 Å². The number of amides is 4. The van der Waals surface area contributed by atoms with E-state index in [1.807, 2.05) is 45.0 Å². The van der Waals surface area contributed by atoms with Gasteiger partial charge in [0, 0.05) is 67.2 Å². The van der Waals surface area contributed by atoms with Crippen LogP contribution < -0.4 is 20.7 Å². The normalized spacial score (nSPS) is 17.9. The number of aromatic nitrogens is 5. The third kappa shape index (κ3) is 13.8. The number of tetrazole rings is 1. The van der Waals surface area contributed by atoms with Crippen LogP contribution in [0.5, 0.6) is 0 Å². The lowest BCUT2D eigenvalue weighted by Gasteiger charge is -2.33. The zero-order chi connectivity index (χ0) is 45.4. The van der Waals surface area contributed by atoms with E-state index in [0.29, 0.717) is 73.5 Å². The highest BCUT2D eigenvalue weighted by molar-refractivity contribution is 7.89. The van der Waals surface area contributed by atoms with E-state index in [0.717, 1.165) is 18.4 Å². The molecule has 6 rings (SSSR count). The number of anilines is 1. The molecule has 338 valence electrons. The van der Waals surface area contributed by atoms with Crippen molar-refractivity contribution in [1.29, 1.82) is 0 Å². The Hall–Kier alpha value is -5.95. The number of aromatic amines is 1. The molecule has 2 fully saturated rings. The van der Waals surface area contributed by atoms with E-state index in [9.17, 15) is 27.6 Å². The van der Waals surface area contributed by atoms with Crippen molar-refractivity contribution in [2.45, 2.75) is 115 Å². The maximum Gasteiger partial charge on any atom is 0.410 e. The van der Waals surface area contributed by atoms with Crippen LogP contribution in [0.15, 0.2) is 71.9 Å². The molecule has 3 heterocycles. The Morgan fingerprint density at radius 1 is 0.825 bits per heavy atom. The van der Waals surface area contributed by atoms with Gasteiger partial charge in [0.15, 0.2) is 0 Å². The Morgan fingerprint density at radius 2 is 1.48 bits per heavy atom. The standard InChI is InChI=1S/C44H58N10O8S/c1-43(2,3)61-41(57)46-25-29-9-13-32(14-10-29)39(55)48-37(40(56)47-34-17-15-31(16-18-34)38-49-52-53-50-38)23-28-7-11-30(12-8-28)33-24-36(27-45-26-33)63(59,60)51-35-19-21-54(22-20-35)42(58)62-44(4,5)6/h7-8,11-12,15-18,24,26-27,29,32,35,37,51H,9-10,13-14,19-23,25H2,1-6H3,(H,46,57)(H,47,56)(H,48,55)(H,49,50,52,53)/t29?,32?,37-/m0/s1. The number of ether oxygens (including phenoxy) is 2. The largest absolute Gasteiger partial charge is 0.444 e. The maximum absolute atomic E-state index is 13.9. The lowest BCUT2D eigenvalue weighted by atomic mass is 9.81. The molecule has 2 aliphatic rings. The van der Waals surface area contributed by atoms with E-state index in [4.69, 9.17) is 9.47 Å². The summed E-state index contributed by atoms with van der Waals surface area (Å²) in [7, 11) is -3.93. The highest BCUT2D eigenvalue weighted by Gasteiger charge is 2.32. The van der Waals surface area contributed by atoms with Crippen LogP contribution in [0.3, 0.4) is 0 Å². The predicted molar refractivity (Wildman–Crippen MR) is 234 cm³/mol. The quantitative estimate of drug-likeness (QED) is 0.110. The van der Waals surface area contributed by atoms with Gasteiger partial charge in [0.2, 0.25) is 27.7 Å². The molecule has 4 amide bonds. The Balaban J connectivity index is 1.09. The van der Waals surface area contributed by atoms with Crippen molar-refractivity contribution in [1.82, 2.24) is 45.9 Å². The molecule has 63 heavy (non-hydrogen) atoms. The van der Waals surface area contributed by atoms with E-state index in [-0.39, 0.29) is 35.1 Å². The number of benzene rings is 2. The van der Waals surface area contributed by atoms with Gasteiger partial charge in [0.1, 0.15) is 22.1 Å². The van der Waals surface area contributed by atoms with Crippen LogP contribution in [-0.2, 0) is 35.5 Å². The van der Waals surface area contributed by atoms with E-state index in [1.54, 1.807) is 62.2 Å². The number of H-pyrrole nitrogens is 1. The molecule has 1 atom stereocenters. The van der Waals surface area contributed by atoms with Crippen molar-refractivity contribution in [2.24, 2.45) is 11.8 Å².